The molecule has 0 spiro atoms. The van der Waals surface area contributed by atoms with Crippen LogP contribution in [-0.4, -0.2) is 48.2 Å². The Hall–Kier alpha value is -2.77. The average Bonchev–Trinajstić information content (AvgIpc) is 2.43. The highest BCUT2D eigenvalue weighted by Crippen LogP contribution is 2.22. The monoisotopic (exact) mass is 282 g/mol. The number of carbonyl (C=O) groups is 3. The average molecular weight is 282 g/mol. The third-order valence-corrected chi connectivity index (χ3v) is 2.29. The summed E-state index contributed by atoms with van der Waals surface area (Å²) in [5.41, 5.74) is -0.0459. The van der Waals surface area contributed by atoms with Crippen LogP contribution in [-0.2, 0) is 9.59 Å². The van der Waals surface area contributed by atoms with E-state index in [1.165, 1.54) is 25.3 Å². The molecular weight excluding hydrogens is 268 g/mol. The third kappa shape index (κ3) is 4.48. The Kier molecular flexibility index (Phi) is 5.33. The maximum absolute atomic E-state index is 11.8. The lowest BCUT2D eigenvalue weighted by Gasteiger charge is -2.08. The zero-order chi connectivity index (χ0) is 15.1. The number of hydrogen-bond acceptors (Lipinski definition) is 5. The van der Waals surface area contributed by atoms with Crippen molar-refractivity contribution in [3.63, 3.8) is 0 Å². The van der Waals surface area contributed by atoms with E-state index in [1.807, 2.05) is 0 Å². The Morgan fingerprint density at radius 2 is 1.90 bits per heavy atom. The lowest BCUT2D eigenvalue weighted by Crippen LogP contribution is -2.39. The molecule has 20 heavy (non-hydrogen) atoms. The summed E-state index contributed by atoms with van der Waals surface area (Å²) >= 11 is 0. The van der Waals surface area contributed by atoms with Gasteiger partial charge in [-0.2, -0.15) is 0 Å². The number of methoxy groups -OCH3 is 1. The molecule has 0 heterocycles. The van der Waals surface area contributed by atoms with Crippen molar-refractivity contribution < 1.29 is 29.3 Å². The lowest BCUT2D eigenvalue weighted by molar-refractivity contribution is -0.137. The van der Waals surface area contributed by atoms with Crippen LogP contribution in [0.3, 0.4) is 0 Å². The number of benzene rings is 1. The maximum Gasteiger partial charge on any atom is 0.322 e. The second-order valence-electron chi connectivity index (χ2n) is 3.74. The number of aliphatic carboxylic acids is 1. The van der Waals surface area contributed by atoms with Crippen LogP contribution < -0.4 is 15.4 Å². The first kappa shape index (κ1) is 15.3. The number of hydrogen-bond donors (Lipinski definition) is 4. The first-order valence-electron chi connectivity index (χ1n) is 5.57. The fourth-order valence-electron chi connectivity index (χ4n) is 1.32. The molecule has 0 saturated heterocycles. The summed E-state index contributed by atoms with van der Waals surface area (Å²) in [6, 6.07) is 4.09. The molecule has 8 heteroatoms. The fraction of sp³-hybridized carbons (Fsp3) is 0.250. The lowest BCUT2D eigenvalue weighted by atomic mass is 10.1. The Bertz CT molecular complexity index is 529. The Morgan fingerprint density at radius 3 is 2.50 bits per heavy atom. The van der Waals surface area contributed by atoms with Gasteiger partial charge >= 0.3 is 5.97 Å². The number of aromatic hydroxyl groups is 1. The van der Waals surface area contributed by atoms with E-state index in [9.17, 15) is 19.5 Å². The van der Waals surface area contributed by atoms with Crippen molar-refractivity contribution in [1.29, 1.82) is 0 Å². The fourth-order valence-corrected chi connectivity index (χ4v) is 1.32. The molecule has 108 valence electrons. The van der Waals surface area contributed by atoms with Crippen molar-refractivity contribution in [2.24, 2.45) is 0 Å². The molecule has 0 saturated carbocycles. The van der Waals surface area contributed by atoms with E-state index >= 15 is 0 Å². The van der Waals surface area contributed by atoms with Gasteiger partial charge in [0.15, 0.2) is 0 Å². The van der Waals surface area contributed by atoms with Crippen LogP contribution in [0.2, 0.25) is 0 Å². The molecule has 1 aromatic carbocycles. The van der Waals surface area contributed by atoms with Crippen molar-refractivity contribution in [1.82, 2.24) is 10.6 Å². The van der Waals surface area contributed by atoms with Crippen LogP contribution in [0.25, 0.3) is 0 Å². The predicted molar refractivity (Wildman–Crippen MR) is 67.6 cm³/mol. The number of carbonyl (C=O) groups excluding carboxylic acids is 2. The smallest absolute Gasteiger partial charge is 0.322 e. The zero-order valence-electron chi connectivity index (χ0n) is 10.7. The summed E-state index contributed by atoms with van der Waals surface area (Å²) in [5.74, 6) is -2.39. The second-order valence-corrected chi connectivity index (χ2v) is 3.74. The van der Waals surface area contributed by atoms with Crippen LogP contribution in [0.4, 0.5) is 0 Å². The quantitative estimate of drug-likeness (QED) is 0.548. The number of ether oxygens (including phenoxy) is 1. The van der Waals surface area contributed by atoms with E-state index in [0.29, 0.717) is 5.75 Å². The Labute approximate surface area is 114 Å². The highest BCUT2D eigenvalue weighted by atomic mass is 16.5. The van der Waals surface area contributed by atoms with Crippen molar-refractivity contribution in [3.8, 4) is 11.5 Å². The predicted octanol–water partition coefficient (Wildman–Crippen LogP) is -0.669. The molecule has 0 aliphatic carbocycles. The van der Waals surface area contributed by atoms with Crippen LogP contribution >= 0.6 is 0 Å². The minimum Gasteiger partial charge on any atom is -0.507 e. The highest BCUT2D eigenvalue weighted by Gasteiger charge is 2.13. The van der Waals surface area contributed by atoms with E-state index in [-0.39, 0.29) is 11.3 Å². The van der Waals surface area contributed by atoms with Gasteiger partial charge in [0.05, 0.1) is 19.2 Å². The number of rotatable bonds is 6. The molecule has 1 aromatic rings. The molecule has 0 aliphatic heterocycles. The van der Waals surface area contributed by atoms with E-state index < -0.39 is 30.9 Å². The number of carboxylic acids is 1. The summed E-state index contributed by atoms with van der Waals surface area (Å²) in [6.45, 7) is -0.929. The molecular formula is C12H14N2O6. The van der Waals surface area contributed by atoms with Crippen LogP contribution in [0.15, 0.2) is 18.2 Å². The van der Waals surface area contributed by atoms with Gasteiger partial charge in [-0.25, -0.2) is 0 Å². The normalized spacial score (nSPS) is 9.65. The summed E-state index contributed by atoms with van der Waals surface area (Å²) < 4.78 is 4.91. The summed E-state index contributed by atoms with van der Waals surface area (Å²) in [4.78, 5) is 33.2. The number of phenols is 1. The molecule has 0 fully saturated rings. The Morgan fingerprint density at radius 1 is 1.20 bits per heavy atom. The summed E-state index contributed by atoms with van der Waals surface area (Å²) in [5, 5.41) is 22.3. The highest BCUT2D eigenvalue weighted by molar-refractivity contribution is 5.99. The van der Waals surface area contributed by atoms with Gasteiger partial charge in [-0.15, -0.1) is 0 Å². The van der Waals surface area contributed by atoms with Gasteiger partial charge in [0.25, 0.3) is 5.91 Å². The molecule has 0 bridgehead atoms. The molecule has 1 rings (SSSR count). The zero-order valence-corrected chi connectivity index (χ0v) is 10.7. The van der Waals surface area contributed by atoms with E-state index in [4.69, 9.17) is 9.84 Å². The standard InChI is InChI=1S/C12H14N2O6/c1-20-7-2-3-9(15)8(4-7)12(19)14-5-10(16)13-6-11(17)18/h2-4,15H,5-6H2,1H3,(H,13,16)(H,14,19)(H,17,18). The molecule has 0 atom stereocenters. The topological polar surface area (TPSA) is 125 Å². The van der Waals surface area contributed by atoms with Gasteiger partial charge in [-0.05, 0) is 18.2 Å². The summed E-state index contributed by atoms with van der Waals surface area (Å²) in [6.07, 6.45) is 0. The second kappa shape index (κ2) is 6.98. The van der Waals surface area contributed by atoms with Gasteiger partial charge < -0.3 is 25.6 Å². The van der Waals surface area contributed by atoms with E-state index in [1.54, 1.807) is 0 Å². The van der Waals surface area contributed by atoms with Crippen molar-refractivity contribution in [2.75, 3.05) is 20.2 Å². The van der Waals surface area contributed by atoms with Crippen molar-refractivity contribution >= 4 is 17.8 Å². The number of nitrogens with one attached hydrogen (secondary N) is 2. The van der Waals surface area contributed by atoms with Gasteiger partial charge in [0, 0.05) is 0 Å². The van der Waals surface area contributed by atoms with Crippen LogP contribution in [0, 0.1) is 0 Å². The minimum atomic E-state index is -1.19. The minimum absolute atomic E-state index is 0.0459. The Balaban J connectivity index is 2.58. The molecule has 8 nitrogen and oxygen atoms in total. The van der Waals surface area contributed by atoms with Crippen molar-refractivity contribution in [3.05, 3.63) is 23.8 Å². The molecule has 0 aliphatic rings. The SMILES string of the molecule is COc1ccc(O)c(C(=O)NCC(=O)NCC(=O)O)c1. The molecule has 0 unspecified atom stereocenters. The van der Waals surface area contributed by atoms with Crippen LogP contribution in [0.5, 0.6) is 11.5 Å². The first-order valence-corrected chi connectivity index (χ1v) is 5.57. The van der Waals surface area contributed by atoms with Crippen molar-refractivity contribution in [2.45, 2.75) is 0 Å². The first-order chi connectivity index (χ1) is 9.43. The van der Waals surface area contributed by atoms with Gasteiger partial charge in [0.2, 0.25) is 5.91 Å². The number of amides is 2. The van der Waals surface area contributed by atoms with Gasteiger partial charge in [-0.1, -0.05) is 0 Å². The molecule has 0 aromatic heterocycles. The van der Waals surface area contributed by atoms with Gasteiger partial charge in [0.1, 0.15) is 18.0 Å². The largest absolute Gasteiger partial charge is 0.507 e. The van der Waals surface area contributed by atoms with Crippen LogP contribution in [0.1, 0.15) is 10.4 Å². The summed E-state index contributed by atoms with van der Waals surface area (Å²) in [7, 11) is 1.41. The maximum atomic E-state index is 11.8. The number of carboxylic acid groups (broad SMARTS) is 1. The van der Waals surface area contributed by atoms with Gasteiger partial charge in [-0.3, -0.25) is 14.4 Å². The van der Waals surface area contributed by atoms with E-state index in [2.05, 4.69) is 10.6 Å². The molecule has 4 N–H and O–H groups in total. The molecule has 2 amide bonds. The molecule has 0 radical (unpaired) electrons. The number of phenolic OH excluding ortho intramolecular Hbond substituents is 1. The third-order valence-electron chi connectivity index (χ3n) is 2.29. The van der Waals surface area contributed by atoms with E-state index in [0.717, 1.165) is 0 Å².